The third-order valence-corrected chi connectivity index (χ3v) is 5.51. The van der Waals surface area contributed by atoms with Crippen LogP contribution in [-0.2, 0) is 13.1 Å². The van der Waals surface area contributed by atoms with Gasteiger partial charge in [-0.2, -0.15) is 0 Å². The number of amides is 1. The predicted molar refractivity (Wildman–Crippen MR) is 105 cm³/mol. The Hall–Kier alpha value is -2.79. The number of fused-ring (bicyclic) bond motifs is 1. The summed E-state index contributed by atoms with van der Waals surface area (Å²) in [5.74, 6) is -0.00150. The molecule has 0 atom stereocenters. The highest BCUT2D eigenvalue weighted by molar-refractivity contribution is 7.09. The minimum atomic E-state index is -0.00150. The third-order valence-electron chi connectivity index (χ3n) is 4.65. The van der Waals surface area contributed by atoms with Gasteiger partial charge in [-0.3, -0.25) is 4.79 Å². The van der Waals surface area contributed by atoms with Crippen molar-refractivity contribution < 1.29 is 9.21 Å². The molecular formula is C21H20N2O2S. The van der Waals surface area contributed by atoms with Crippen LogP contribution in [0.2, 0.25) is 0 Å². The SMILES string of the molecule is Cc1ccccc1Cn1c(C(=O)N(C)Cc2cccs2)cc2occc21. The van der Waals surface area contributed by atoms with Gasteiger partial charge in [-0.1, -0.05) is 30.3 Å². The van der Waals surface area contributed by atoms with Gasteiger partial charge in [-0.15, -0.1) is 11.3 Å². The first-order valence-corrected chi connectivity index (χ1v) is 9.40. The molecule has 0 saturated carbocycles. The lowest BCUT2D eigenvalue weighted by Gasteiger charge is -2.18. The van der Waals surface area contributed by atoms with E-state index in [0.717, 1.165) is 11.1 Å². The van der Waals surface area contributed by atoms with Gasteiger partial charge in [0, 0.05) is 30.6 Å². The molecular weight excluding hydrogens is 344 g/mol. The molecule has 0 fully saturated rings. The number of carbonyl (C=O) groups is 1. The lowest BCUT2D eigenvalue weighted by Crippen LogP contribution is -2.28. The molecule has 5 heteroatoms. The summed E-state index contributed by atoms with van der Waals surface area (Å²) in [4.78, 5) is 16.0. The number of thiophene rings is 1. The fourth-order valence-corrected chi connectivity index (χ4v) is 3.94. The Kier molecular flexibility index (Phi) is 4.39. The largest absolute Gasteiger partial charge is 0.463 e. The fourth-order valence-electron chi connectivity index (χ4n) is 3.19. The van der Waals surface area contributed by atoms with Crippen molar-refractivity contribution in [2.45, 2.75) is 20.0 Å². The van der Waals surface area contributed by atoms with Gasteiger partial charge in [0.15, 0.2) is 5.58 Å². The molecule has 0 aliphatic heterocycles. The number of aromatic nitrogens is 1. The van der Waals surface area contributed by atoms with Crippen LogP contribution in [0.5, 0.6) is 0 Å². The Morgan fingerprint density at radius 3 is 2.81 bits per heavy atom. The first-order valence-electron chi connectivity index (χ1n) is 8.52. The quantitative estimate of drug-likeness (QED) is 0.504. The van der Waals surface area contributed by atoms with Crippen LogP contribution in [0.3, 0.4) is 0 Å². The van der Waals surface area contributed by atoms with E-state index in [9.17, 15) is 4.79 Å². The van der Waals surface area contributed by atoms with Crippen LogP contribution in [0, 0.1) is 6.92 Å². The van der Waals surface area contributed by atoms with Gasteiger partial charge >= 0.3 is 0 Å². The molecule has 1 amide bonds. The Morgan fingerprint density at radius 1 is 1.19 bits per heavy atom. The number of aryl methyl sites for hydroxylation is 1. The minimum absolute atomic E-state index is 0.00150. The molecule has 0 radical (unpaired) electrons. The Balaban J connectivity index is 1.69. The molecule has 3 aromatic heterocycles. The van der Waals surface area contributed by atoms with Crippen LogP contribution >= 0.6 is 11.3 Å². The zero-order chi connectivity index (χ0) is 18.1. The molecule has 0 aliphatic carbocycles. The highest BCUT2D eigenvalue weighted by Gasteiger charge is 2.21. The highest BCUT2D eigenvalue weighted by Crippen LogP contribution is 2.25. The van der Waals surface area contributed by atoms with Crippen molar-refractivity contribution in [1.29, 1.82) is 0 Å². The van der Waals surface area contributed by atoms with Crippen molar-refractivity contribution in [3.63, 3.8) is 0 Å². The molecule has 4 nitrogen and oxygen atoms in total. The van der Waals surface area contributed by atoms with Crippen LogP contribution in [0.15, 0.2) is 64.6 Å². The molecule has 4 aromatic rings. The number of furan rings is 1. The van der Waals surface area contributed by atoms with Crippen LogP contribution in [0.4, 0.5) is 0 Å². The Bertz CT molecular complexity index is 1040. The minimum Gasteiger partial charge on any atom is -0.463 e. The van der Waals surface area contributed by atoms with Crippen molar-refractivity contribution in [1.82, 2.24) is 9.47 Å². The summed E-state index contributed by atoms with van der Waals surface area (Å²) in [6.45, 7) is 3.34. The van der Waals surface area contributed by atoms with E-state index in [2.05, 4.69) is 23.6 Å². The normalized spacial score (nSPS) is 11.2. The summed E-state index contributed by atoms with van der Waals surface area (Å²) in [5.41, 5.74) is 4.75. The van der Waals surface area contributed by atoms with Gasteiger partial charge in [-0.25, -0.2) is 0 Å². The molecule has 1 aromatic carbocycles. The van der Waals surface area contributed by atoms with E-state index in [1.54, 1.807) is 22.5 Å². The van der Waals surface area contributed by atoms with Gasteiger partial charge in [0.1, 0.15) is 5.69 Å². The number of benzene rings is 1. The van der Waals surface area contributed by atoms with E-state index >= 15 is 0 Å². The third kappa shape index (κ3) is 3.06. The Labute approximate surface area is 156 Å². The van der Waals surface area contributed by atoms with E-state index in [1.165, 1.54) is 16.0 Å². The van der Waals surface area contributed by atoms with Crippen molar-refractivity contribution in [3.8, 4) is 0 Å². The zero-order valence-corrected chi connectivity index (χ0v) is 15.6. The van der Waals surface area contributed by atoms with Gasteiger partial charge < -0.3 is 13.9 Å². The van der Waals surface area contributed by atoms with E-state index in [4.69, 9.17) is 4.42 Å². The molecule has 0 N–H and O–H groups in total. The number of hydrogen-bond donors (Lipinski definition) is 0. The maximum absolute atomic E-state index is 13.1. The number of carbonyl (C=O) groups excluding carboxylic acids is 1. The second-order valence-electron chi connectivity index (χ2n) is 6.45. The van der Waals surface area contributed by atoms with Crippen molar-refractivity contribution in [2.75, 3.05) is 7.05 Å². The average molecular weight is 364 g/mol. The van der Waals surface area contributed by atoms with Crippen LogP contribution in [0.1, 0.15) is 26.5 Å². The van der Waals surface area contributed by atoms with Gasteiger partial charge in [0.2, 0.25) is 0 Å². The second-order valence-corrected chi connectivity index (χ2v) is 7.49. The highest BCUT2D eigenvalue weighted by atomic mass is 32.1. The lowest BCUT2D eigenvalue weighted by molar-refractivity contribution is 0.0776. The molecule has 4 rings (SSSR count). The molecule has 26 heavy (non-hydrogen) atoms. The predicted octanol–water partition coefficient (Wildman–Crippen LogP) is 4.92. The second kappa shape index (κ2) is 6.84. The molecule has 3 heterocycles. The molecule has 132 valence electrons. The van der Waals surface area contributed by atoms with Gasteiger partial charge in [-0.05, 0) is 29.5 Å². The summed E-state index contributed by atoms with van der Waals surface area (Å²) in [6.07, 6.45) is 1.67. The van der Waals surface area contributed by atoms with Crippen molar-refractivity contribution in [2.24, 2.45) is 0 Å². The summed E-state index contributed by atoms with van der Waals surface area (Å²) >= 11 is 1.66. The number of nitrogens with zero attached hydrogens (tertiary/aromatic N) is 2. The van der Waals surface area contributed by atoms with E-state index in [-0.39, 0.29) is 5.91 Å². The number of rotatable bonds is 5. The maximum Gasteiger partial charge on any atom is 0.270 e. The van der Waals surface area contributed by atoms with Crippen LogP contribution in [0.25, 0.3) is 11.1 Å². The summed E-state index contributed by atoms with van der Waals surface area (Å²) in [5, 5.41) is 2.03. The fraction of sp³-hybridized carbons (Fsp3) is 0.190. The molecule has 0 saturated heterocycles. The standard InChI is InChI=1S/C21H20N2O2S/c1-15-6-3-4-7-16(15)13-23-18-9-10-25-20(18)12-19(23)21(24)22(2)14-17-8-5-11-26-17/h3-12H,13-14H2,1-2H3. The molecule has 0 unspecified atom stereocenters. The van der Waals surface area contributed by atoms with Crippen molar-refractivity contribution in [3.05, 3.63) is 81.9 Å². The first-order chi connectivity index (χ1) is 12.6. The van der Waals surface area contributed by atoms with E-state index in [1.807, 2.05) is 48.8 Å². The lowest BCUT2D eigenvalue weighted by atomic mass is 10.1. The van der Waals surface area contributed by atoms with Gasteiger partial charge in [0.05, 0.1) is 18.3 Å². The smallest absolute Gasteiger partial charge is 0.270 e. The monoisotopic (exact) mass is 364 g/mol. The molecule has 0 spiro atoms. The molecule has 0 bridgehead atoms. The molecule has 0 aliphatic rings. The maximum atomic E-state index is 13.1. The van der Waals surface area contributed by atoms with Crippen LogP contribution in [-0.4, -0.2) is 22.4 Å². The first kappa shape index (κ1) is 16.7. The van der Waals surface area contributed by atoms with Gasteiger partial charge in [0.25, 0.3) is 5.91 Å². The Morgan fingerprint density at radius 2 is 2.04 bits per heavy atom. The van der Waals surface area contributed by atoms with E-state index in [0.29, 0.717) is 18.8 Å². The topological polar surface area (TPSA) is 38.4 Å². The van der Waals surface area contributed by atoms with Crippen molar-refractivity contribution >= 4 is 28.3 Å². The number of hydrogen-bond acceptors (Lipinski definition) is 3. The van der Waals surface area contributed by atoms with E-state index < -0.39 is 0 Å². The summed E-state index contributed by atoms with van der Waals surface area (Å²) < 4.78 is 7.60. The van der Waals surface area contributed by atoms with Crippen LogP contribution < -0.4 is 0 Å². The summed E-state index contributed by atoms with van der Waals surface area (Å²) in [7, 11) is 1.84. The average Bonchev–Trinajstić information content (AvgIpc) is 3.35. The zero-order valence-electron chi connectivity index (χ0n) is 14.8. The summed E-state index contributed by atoms with van der Waals surface area (Å²) in [6, 6.07) is 16.1.